The average Bonchev–Trinajstić information content (AvgIpc) is 3.26. The number of unbranched alkanes of at least 4 members (excludes halogenated alkanes) is 20. The highest BCUT2D eigenvalue weighted by Crippen LogP contribution is 2.13. The van der Waals surface area contributed by atoms with Crippen LogP contribution < -0.4 is 0 Å². The van der Waals surface area contributed by atoms with Crippen LogP contribution >= 0.6 is 0 Å². The molecule has 6 nitrogen and oxygen atoms in total. The molecule has 0 saturated carbocycles. The molecule has 0 saturated heterocycles. The van der Waals surface area contributed by atoms with E-state index in [1.807, 2.05) is 54.7 Å². The zero-order chi connectivity index (χ0) is 44.4. The van der Waals surface area contributed by atoms with Gasteiger partial charge in [0.2, 0.25) is 0 Å². The first-order chi connectivity index (χ1) is 30.0. The van der Waals surface area contributed by atoms with E-state index >= 15 is 0 Å². The minimum Gasteiger partial charge on any atom is -0.462 e. The van der Waals surface area contributed by atoms with E-state index in [1.165, 1.54) is 89.9 Å². The van der Waals surface area contributed by atoms with Crippen molar-refractivity contribution in [3.8, 4) is 0 Å². The molecule has 0 aliphatic heterocycles. The van der Waals surface area contributed by atoms with Crippen molar-refractivity contribution in [1.82, 2.24) is 0 Å². The summed E-state index contributed by atoms with van der Waals surface area (Å²) in [5.41, 5.74) is 0. The summed E-state index contributed by atoms with van der Waals surface area (Å²) in [6.45, 7) is 6.36. The van der Waals surface area contributed by atoms with Crippen molar-refractivity contribution in [2.45, 2.75) is 219 Å². The molecular weight excluding hydrogens is 757 g/mol. The Bertz CT molecular complexity index is 1250. The summed E-state index contributed by atoms with van der Waals surface area (Å²) >= 11 is 0. The van der Waals surface area contributed by atoms with E-state index in [9.17, 15) is 14.4 Å². The summed E-state index contributed by atoms with van der Waals surface area (Å²) in [4.78, 5) is 37.9. The maximum Gasteiger partial charge on any atom is 0.306 e. The third kappa shape index (κ3) is 47.2. The maximum absolute atomic E-state index is 12.7. The largest absolute Gasteiger partial charge is 0.462 e. The number of rotatable bonds is 43. The fourth-order valence-corrected chi connectivity index (χ4v) is 6.44. The van der Waals surface area contributed by atoms with Crippen LogP contribution in [0.1, 0.15) is 213 Å². The highest BCUT2D eigenvalue weighted by molar-refractivity contribution is 5.71. The van der Waals surface area contributed by atoms with E-state index in [4.69, 9.17) is 14.2 Å². The quantitative estimate of drug-likeness (QED) is 0.0200. The number of hydrogen-bond donors (Lipinski definition) is 0. The number of allylic oxidation sites excluding steroid dienone is 16. The average molecular weight is 847 g/mol. The van der Waals surface area contributed by atoms with Crippen molar-refractivity contribution in [2.75, 3.05) is 13.2 Å². The summed E-state index contributed by atoms with van der Waals surface area (Å²) in [7, 11) is 0. The molecule has 0 fully saturated rings. The van der Waals surface area contributed by atoms with Crippen LogP contribution in [-0.4, -0.2) is 37.2 Å². The predicted octanol–water partition coefficient (Wildman–Crippen LogP) is 16.2. The Morgan fingerprint density at radius 1 is 0.361 bits per heavy atom. The number of esters is 3. The molecule has 0 heterocycles. The lowest BCUT2D eigenvalue weighted by molar-refractivity contribution is -0.167. The molecule has 0 radical (unpaired) electrons. The Labute approximate surface area is 375 Å². The molecule has 0 aromatic heterocycles. The first-order valence-corrected chi connectivity index (χ1v) is 24.8. The zero-order valence-electron chi connectivity index (χ0n) is 39.4. The molecule has 0 aliphatic carbocycles. The van der Waals surface area contributed by atoms with Crippen molar-refractivity contribution in [3.63, 3.8) is 0 Å². The van der Waals surface area contributed by atoms with Crippen LogP contribution in [0.25, 0.3) is 0 Å². The minimum absolute atomic E-state index is 0.116. The third-order valence-corrected chi connectivity index (χ3v) is 10.2. The van der Waals surface area contributed by atoms with E-state index < -0.39 is 12.1 Å². The van der Waals surface area contributed by atoms with Gasteiger partial charge in [-0.05, 0) is 89.9 Å². The van der Waals surface area contributed by atoms with Crippen molar-refractivity contribution < 1.29 is 28.6 Å². The Kier molecular flexibility index (Phi) is 46.0. The molecule has 0 rings (SSSR count). The number of ether oxygens (including phenoxy) is 3. The Morgan fingerprint density at radius 2 is 0.721 bits per heavy atom. The van der Waals surface area contributed by atoms with E-state index in [-0.39, 0.29) is 31.6 Å². The molecule has 1 unspecified atom stereocenters. The molecule has 0 amide bonds. The molecule has 0 bridgehead atoms. The lowest BCUT2D eigenvalue weighted by Crippen LogP contribution is -2.30. The van der Waals surface area contributed by atoms with Crippen LogP contribution in [0, 0.1) is 0 Å². The van der Waals surface area contributed by atoms with Crippen molar-refractivity contribution in [1.29, 1.82) is 0 Å². The highest BCUT2D eigenvalue weighted by Gasteiger charge is 2.19. The van der Waals surface area contributed by atoms with Gasteiger partial charge in [-0.25, -0.2) is 0 Å². The molecule has 0 aromatic rings. The SMILES string of the molecule is CC/C=C/C=C/C=C/C=C/C=C/CCCC(=O)OC(COC(=O)CCCCC/C=C/CCCCCCCC)COC(=O)CCCCCCCCC/C=C/C/C=C/CCCCC. The lowest BCUT2D eigenvalue weighted by atomic mass is 10.1. The molecule has 346 valence electrons. The first-order valence-electron chi connectivity index (χ1n) is 24.8. The van der Waals surface area contributed by atoms with Crippen LogP contribution in [0.15, 0.2) is 97.2 Å². The van der Waals surface area contributed by atoms with Crippen molar-refractivity contribution in [3.05, 3.63) is 97.2 Å². The summed E-state index contributed by atoms with van der Waals surface area (Å²) < 4.78 is 16.7. The molecule has 6 heteroatoms. The van der Waals surface area contributed by atoms with Crippen LogP contribution in [-0.2, 0) is 28.6 Å². The third-order valence-electron chi connectivity index (χ3n) is 10.2. The summed E-state index contributed by atoms with van der Waals surface area (Å²) in [5, 5.41) is 0. The van der Waals surface area contributed by atoms with Crippen molar-refractivity contribution in [2.24, 2.45) is 0 Å². The smallest absolute Gasteiger partial charge is 0.306 e. The second kappa shape index (κ2) is 49.0. The molecule has 1 atom stereocenters. The number of hydrogen-bond acceptors (Lipinski definition) is 6. The van der Waals surface area contributed by atoms with Gasteiger partial charge in [0.1, 0.15) is 13.2 Å². The van der Waals surface area contributed by atoms with Gasteiger partial charge < -0.3 is 14.2 Å². The predicted molar refractivity (Wildman–Crippen MR) is 260 cm³/mol. The Hall–Kier alpha value is -3.67. The van der Waals surface area contributed by atoms with Crippen LogP contribution in [0.5, 0.6) is 0 Å². The van der Waals surface area contributed by atoms with Crippen LogP contribution in [0.3, 0.4) is 0 Å². The normalized spacial score (nSPS) is 12.9. The van der Waals surface area contributed by atoms with Gasteiger partial charge >= 0.3 is 17.9 Å². The van der Waals surface area contributed by atoms with E-state index in [1.54, 1.807) is 0 Å². The zero-order valence-corrected chi connectivity index (χ0v) is 39.4. The van der Waals surface area contributed by atoms with Gasteiger partial charge in [-0.2, -0.15) is 0 Å². The summed E-state index contributed by atoms with van der Waals surface area (Å²) in [6.07, 6.45) is 64.0. The van der Waals surface area contributed by atoms with Gasteiger partial charge in [-0.1, -0.05) is 201 Å². The van der Waals surface area contributed by atoms with Gasteiger partial charge in [0.05, 0.1) is 0 Å². The number of carbonyl (C=O) groups excluding carboxylic acids is 3. The topological polar surface area (TPSA) is 78.9 Å². The maximum atomic E-state index is 12.7. The second-order valence-corrected chi connectivity index (χ2v) is 16.1. The van der Waals surface area contributed by atoms with Crippen LogP contribution in [0.4, 0.5) is 0 Å². The molecule has 61 heavy (non-hydrogen) atoms. The van der Waals surface area contributed by atoms with Gasteiger partial charge in [-0.3, -0.25) is 14.4 Å². The molecule has 0 spiro atoms. The van der Waals surface area contributed by atoms with Gasteiger partial charge in [0.15, 0.2) is 6.10 Å². The highest BCUT2D eigenvalue weighted by atomic mass is 16.6. The lowest BCUT2D eigenvalue weighted by Gasteiger charge is -2.18. The monoisotopic (exact) mass is 847 g/mol. The van der Waals surface area contributed by atoms with Crippen molar-refractivity contribution >= 4 is 17.9 Å². The molecule has 0 aliphatic rings. The second-order valence-electron chi connectivity index (χ2n) is 16.1. The number of carbonyl (C=O) groups is 3. The van der Waals surface area contributed by atoms with Gasteiger partial charge in [-0.15, -0.1) is 0 Å². The van der Waals surface area contributed by atoms with E-state index in [0.717, 1.165) is 77.0 Å². The van der Waals surface area contributed by atoms with Crippen LogP contribution in [0.2, 0.25) is 0 Å². The molecular formula is C55H90O6. The van der Waals surface area contributed by atoms with Gasteiger partial charge in [0.25, 0.3) is 0 Å². The summed E-state index contributed by atoms with van der Waals surface area (Å²) in [6, 6.07) is 0. The fourth-order valence-electron chi connectivity index (χ4n) is 6.44. The Balaban J connectivity index is 4.51. The summed E-state index contributed by atoms with van der Waals surface area (Å²) in [5.74, 6) is -1.02. The minimum atomic E-state index is -0.823. The standard InChI is InChI=1S/C55H90O6/c1-4-7-10-13-16-19-22-25-26-27-28-31-33-36-39-42-45-48-54(57)60-51-52(61-55(58)49-46-43-40-37-34-30-24-21-18-15-12-9-6-3)50-59-53(56)47-44-41-38-35-32-29-23-20-17-14-11-8-5-2/h9,12,15-16,18-19,21,24-26,29-30,32,34,37,40,52H,4-8,10-11,13-14,17,20,22-23,27-28,31,33,35-36,38-39,41-51H2,1-3H3/b12-9+,18-15+,19-16+,24-21+,26-25+,32-29+,34-30+,40-37+. The first kappa shape index (κ1) is 57.3. The van der Waals surface area contributed by atoms with Gasteiger partial charge in [0, 0.05) is 19.3 Å². The molecule has 0 N–H and O–H groups in total. The molecule has 0 aromatic carbocycles. The van der Waals surface area contributed by atoms with E-state index in [0.29, 0.717) is 19.3 Å². The fraction of sp³-hybridized carbons (Fsp3) is 0.655. The Morgan fingerprint density at radius 3 is 1.23 bits per heavy atom. The van der Waals surface area contributed by atoms with E-state index in [2.05, 4.69) is 63.3 Å².